The number of para-hydroxylation sites is 1. The predicted octanol–water partition coefficient (Wildman–Crippen LogP) is 2.60. The molecule has 19 heavy (non-hydrogen) atoms. The summed E-state index contributed by atoms with van der Waals surface area (Å²) in [6, 6.07) is 13.0. The molecule has 2 aromatic carbocycles. The molecule has 0 fully saturated rings. The number of aromatic nitrogens is 3. The van der Waals surface area contributed by atoms with E-state index in [-0.39, 0.29) is 0 Å². The van der Waals surface area contributed by atoms with Crippen molar-refractivity contribution in [1.29, 1.82) is 0 Å². The van der Waals surface area contributed by atoms with E-state index < -0.39 is 0 Å². The fourth-order valence-corrected chi connectivity index (χ4v) is 3.38. The van der Waals surface area contributed by atoms with Gasteiger partial charge in [-0.05, 0) is 23.9 Å². The first kappa shape index (κ1) is 9.50. The number of rotatable bonds is 0. The highest BCUT2D eigenvalue weighted by Gasteiger charge is 2.28. The summed E-state index contributed by atoms with van der Waals surface area (Å²) in [5.74, 6) is 0. The maximum absolute atomic E-state index is 4.55. The van der Waals surface area contributed by atoms with E-state index in [0.717, 1.165) is 6.54 Å². The van der Waals surface area contributed by atoms with Crippen molar-refractivity contribution in [3.8, 4) is 0 Å². The first-order chi connectivity index (χ1) is 9.34. The second-order valence-electron chi connectivity index (χ2n) is 5.29. The van der Waals surface area contributed by atoms with E-state index in [0.29, 0.717) is 0 Å². The van der Waals surface area contributed by atoms with E-state index >= 15 is 0 Å². The van der Waals surface area contributed by atoms with Crippen molar-refractivity contribution in [1.82, 2.24) is 9.61 Å². The third kappa shape index (κ3) is 0.964. The van der Waals surface area contributed by atoms with Gasteiger partial charge < -0.3 is 0 Å². The molecule has 3 heterocycles. The van der Waals surface area contributed by atoms with Crippen molar-refractivity contribution in [3.63, 3.8) is 0 Å². The maximum Gasteiger partial charge on any atom is 0.274 e. The monoisotopic (exact) mass is 246 g/mol. The summed E-state index contributed by atoms with van der Waals surface area (Å²) in [6.07, 6.45) is 1.95. The molecular weight excluding hydrogens is 234 g/mol. The molecule has 4 aromatic rings. The van der Waals surface area contributed by atoms with Gasteiger partial charge >= 0.3 is 0 Å². The molecule has 3 nitrogen and oxygen atoms in total. The van der Waals surface area contributed by atoms with Gasteiger partial charge in [0.2, 0.25) is 0 Å². The molecule has 0 saturated carbocycles. The third-order valence-electron chi connectivity index (χ3n) is 4.30. The van der Waals surface area contributed by atoms with E-state index in [1.165, 1.54) is 38.4 Å². The highest BCUT2D eigenvalue weighted by Crippen LogP contribution is 2.34. The van der Waals surface area contributed by atoms with Crippen LogP contribution in [0.4, 0.5) is 0 Å². The van der Waals surface area contributed by atoms with Crippen molar-refractivity contribution in [2.75, 3.05) is 0 Å². The number of hydrogen-bond donors (Lipinski definition) is 0. The van der Waals surface area contributed by atoms with Crippen LogP contribution in [0, 0.1) is 6.92 Å². The molecule has 5 rings (SSSR count). The molecule has 1 aliphatic heterocycles. The van der Waals surface area contributed by atoms with Gasteiger partial charge in [-0.15, -0.1) is 0 Å². The van der Waals surface area contributed by atoms with E-state index in [2.05, 4.69) is 57.5 Å². The first-order valence-corrected chi connectivity index (χ1v) is 6.55. The average molecular weight is 246 g/mol. The zero-order chi connectivity index (χ0) is 12.6. The lowest BCUT2D eigenvalue weighted by molar-refractivity contribution is -0.659. The van der Waals surface area contributed by atoms with Crippen molar-refractivity contribution in [2.45, 2.75) is 13.5 Å². The van der Waals surface area contributed by atoms with Gasteiger partial charge in [0.1, 0.15) is 5.52 Å². The molecule has 0 bridgehead atoms. The van der Waals surface area contributed by atoms with Crippen LogP contribution < -0.4 is 4.57 Å². The van der Waals surface area contributed by atoms with E-state index in [9.17, 15) is 0 Å². The number of aryl methyl sites for hydroxylation is 1. The molecular formula is C16H12N3+. The molecule has 0 unspecified atom stereocenters. The Morgan fingerprint density at radius 2 is 2.00 bits per heavy atom. The highest BCUT2D eigenvalue weighted by molar-refractivity contribution is 6.12. The quantitative estimate of drug-likeness (QED) is 0.304. The molecule has 2 aromatic heterocycles. The summed E-state index contributed by atoms with van der Waals surface area (Å²) in [5, 5.41) is 8.55. The SMILES string of the molecule is Cc1ccc2c3ccccc3n3nc[n+]4c3c2c1C4. The minimum atomic E-state index is 0.943. The summed E-state index contributed by atoms with van der Waals surface area (Å²) in [6.45, 7) is 3.14. The van der Waals surface area contributed by atoms with Crippen LogP contribution in [0.2, 0.25) is 0 Å². The van der Waals surface area contributed by atoms with Gasteiger partial charge in [0.15, 0.2) is 0 Å². The van der Waals surface area contributed by atoms with Gasteiger partial charge in [-0.2, -0.15) is 0 Å². The zero-order valence-corrected chi connectivity index (χ0v) is 10.6. The zero-order valence-electron chi connectivity index (χ0n) is 10.6. The van der Waals surface area contributed by atoms with Gasteiger partial charge in [-0.3, -0.25) is 0 Å². The van der Waals surface area contributed by atoms with Crippen LogP contribution in [-0.4, -0.2) is 9.61 Å². The van der Waals surface area contributed by atoms with E-state index in [4.69, 9.17) is 0 Å². The molecule has 0 atom stereocenters. The summed E-state index contributed by atoms with van der Waals surface area (Å²) in [5.41, 5.74) is 5.22. The Bertz CT molecular complexity index is 995. The van der Waals surface area contributed by atoms with Crippen molar-refractivity contribution in [2.24, 2.45) is 0 Å². The van der Waals surface area contributed by atoms with Gasteiger partial charge in [0, 0.05) is 16.0 Å². The van der Waals surface area contributed by atoms with Crippen LogP contribution in [0.5, 0.6) is 0 Å². The smallest absolute Gasteiger partial charge is 0.226 e. The minimum Gasteiger partial charge on any atom is -0.226 e. The van der Waals surface area contributed by atoms with E-state index in [1.807, 2.05) is 6.33 Å². The van der Waals surface area contributed by atoms with Gasteiger partial charge in [-0.25, -0.2) is 4.57 Å². The fraction of sp³-hybridized carbons (Fsp3) is 0.125. The lowest BCUT2D eigenvalue weighted by Crippen LogP contribution is -2.29. The third-order valence-corrected chi connectivity index (χ3v) is 4.30. The average Bonchev–Trinajstić information content (AvgIpc) is 3.01. The topological polar surface area (TPSA) is 21.2 Å². The predicted molar refractivity (Wildman–Crippen MR) is 74.2 cm³/mol. The lowest BCUT2D eigenvalue weighted by atomic mass is 9.99. The van der Waals surface area contributed by atoms with E-state index in [1.54, 1.807) is 0 Å². The normalized spacial score (nSPS) is 13.3. The van der Waals surface area contributed by atoms with Crippen LogP contribution in [0.15, 0.2) is 42.7 Å². The van der Waals surface area contributed by atoms with Crippen LogP contribution in [0.25, 0.3) is 27.3 Å². The van der Waals surface area contributed by atoms with Crippen LogP contribution in [-0.2, 0) is 6.54 Å². The van der Waals surface area contributed by atoms with Crippen LogP contribution in [0.1, 0.15) is 11.1 Å². The standard InChI is InChI=1S/C16H12N3/c1-10-6-7-12-11-4-2-3-5-14(11)19-16-15(12)13(10)8-18(16)9-17-19/h2-7,9H,8H2,1H3/q+1. The molecule has 1 aliphatic rings. The number of nitrogens with zero attached hydrogens (tertiary/aromatic N) is 3. The summed E-state index contributed by atoms with van der Waals surface area (Å²) in [7, 11) is 0. The number of pyridine rings is 1. The molecule has 0 amide bonds. The molecule has 0 spiro atoms. The van der Waals surface area contributed by atoms with Crippen molar-refractivity contribution in [3.05, 3.63) is 53.9 Å². The maximum atomic E-state index is 4.55. The summed E-state index contributed by atoms with van der Waals surface area (Å²) in [4.78, 5) is 0. The molecule has 0 saturated heterocycles. The number of fused-ring (bicyclic) bond motifs is 3. The van der Waals surface area contributed by atoms with Gasteiger partial charge in [-0.1, -0.05) is 34.8 Å². The second kappa shape index (κ2) is 2.94. The lowest BCUT2D eigenvalue weighted by Gasteiger charge is -2.05. The Kier molecular flexibility index (Phi) is 1.47. The van der Waals surface area contributed by atoms with Gasteiger partial charge in [0.25, 0.3) is 12.0 Å². The Hall–Kier alpha value is -2.42. The summed E-state index contributed by atoms with van der Waals surface area (Å²) < 4.78 is 4.32. The Balaban J connectivity index is 2.26. The Morgan fingerprint density at radius 3 is 2.95 bits per heavy atom. The highest BCUT2D eigenvalue weighted by atomic mass is 15.3. The van der Waals surface area contributed by atoms with Gasteiger partial charge in [0.05, 0.1) is 11.9 Å². The largest absolute Gasteiger partial charge is 0.274 e. The van der Waals surface area contributed by atoms with Crippen LogP contribution in [0.3, 0.4) is 0 Å². The number of hydrogen-bond acceptors (Lipinski definition) is 1. The number of benzene rings is 2. The first-order valence-electron chi connectivity index (χ1n) is 6.55. The molecule has 0 N–H and O–H groups in total. The van der Waals surface area contributed by atoms with Crippen molar-refractivity contribution >= 4 is 27.3 Å². The fourth-order valence-electron chi connectivity index (χ4n) is 3.38. The Morgan fingerprint density at radius 1 is 1.11 bits per heavy atom. The van der Waals surface area contributed by atoms with Crippen molar-refractivity contribution < 1.29 is 4.57 Å². The molecule has 0 aliphatic carbocycles. The molecule has 90 valence electrons. The molecule has 0 radical (unpaired) electrons. The minimum absolute atomic E-state index is 0.943. The van der Waals surface area contributed by atoms with Crippen LogP contribution >= 0.6 is 0 Å². The molecule has 3 heteroatoms. The second-order valence-corrected chi connectivity index (χ2v) is 5.29. The summed E-state index contributed by atoms with van der Waals surface area (Å²) >= 11 is 0. The Labute approximate surface area is 109 Å².